The van der Waals surface area contributed by atoms with E-state index in [9.17, 15) is 4.39 Å². The third-order valence-electron chi connectivity index (χ3n) is 3.54. The van der Waals surface area contributed by atoms with Crippen LogP contribution in [-0.4, -0.2) is 21.9 Å². The standard InChI is InChI=1S/C17H16FN3O/c1-22-17(13-4-6-15(18)7-5-13)12-21-16(8-10-20-21)14-3-2-9-19-11-14/h2-11,17H,12H2,1H3. The van der Waals surface area contributed by atoms with Crippen LogP contribution in [-0.2, 0) is 11.3 Å². The second-order valence-corrected chi connectivity index (χ2v) is 4.92. The second kappa shape index (κ2) is 6.49. The van der Waals surface area contributed by atoms with Crippen molar-refractivity contribution in [3.63, 3.8) is 0 Å². The van der Waals surface area contributed by atoms with Gasteiger partial charge in [-0.1, -0.05) is 12.1 Å². The molecule has 4 nitrogen and oxygen atoms in total. The van der Waals surface area contributed by atoms with Gasteiger partial charge in [-0.15, -0.1) is 0 Å². The summed E-state index contributed by atoms with van der Waals surface area (Å²) < 4.78 is 20.5. The van der Waals surface area contributed by atoms with Gasteiger partial charge in [0.1, 0.15) is 11.9 Å². The molecule has 0 bridgehead atoms. The van der Waals surface area contributed by atoms with Crippen molar-refractivity contribution in [2.45, 2.75) is 12.6 Å². The first kappa shape index (κ1) is 14.4. The molecule has 22 heavy (non-hydrogen) atoms. The Kier molecular flexibility index (Phi) is 4.25. The van der Waals surface area contributed by atoms with Gasteiger partial charge in [0, 0.05) is 31.3 Å². The minimum atomic E-state index is -0.256. The molecule has 0 aliphatic heterocycles. The summed E-state index contributed by atoms with van der Waals surface area (Å²) in [6, 6.07) is 12.2. The third-order valence-corrected chi connectivity index (χ3v) is 3.54. The van der Waals surface area contributed by atoms with Crippen LogP contribution in [0.2, 0.25) is 0 Å². The molecule has 0 spiro atoms. The number of ether oxygens (including phenoxy) is 1. The molecule has 2 aromatic heterocycles. The molecular formula is C17H16FN3O. The first-order chi connectivity index (χ1) is 10.8. The van der Waals surface area contributed by atoms with Gasteiger partial charge in [0.15, 0.2) is 0 Å². The number of hydrogen-bond acceptors (Lipinski definition) is 3. The van der Waals surface area contributed by atoms with Crippen LogP contribution in [0.15, 0.2) is 61.1 Å². The lowest BCUT2D eigenvalue weighted by Gasteiger charge is -2.17. The van der Waals surface area contributed by atoms with Crippen molar-refractivity contribution in [1.82, 2.24) is 14.8 Å². The molecule has 0 aliphatic rings. The summed E-state index contributed by atoms with van der Waals surface area (Å²) in [5.74, 6) is -0.256. The maximum absolute atomic E-state index is 13.1. The van der Waals surface area contributed by atoms with Crippen LogP contribution in [0.25, 0.3) is 11.3 Å². The number of halogens is 1. The molecule has 0 N–H and O–H groups in total. The highest BCUT2D eigenvalue weighted by Crippen LogP contribution is 2.23. The van der Waals surface area contributed by atoms with E-state index in [4.69, 9.17) is 4.74 Å². The van der Waals surface area contributed by atoms with E-state index in [1.54, 1.807) is 37.8 Å². The van der Waals surface area contributed by atoms with Crippen LogP contribution in [0.1, 0.15) is 11.7 Å². The van der Waals surface area contributed by atoms with Gasteiger partial charge in [-0.3, -0.25) is 9.67 Å². The van der Waals surface area contributed by atoms with Gasteiger partial charge < -0.3 is 4.74 Å². The van der Waals surface area contributed by atoms with E-state index in [-0.39, 0.29) is 11.9 Å². The van der Waals surface area contributed by atoms with Crippen molar-refractivity contribution in [3.05, 3.63) is 72.4 Å². The number of aromatic nitrogens is 3. The average molecular weight is 297 g/mol. The van der Waals surface area contributed by atoms with Crippen LogP contribution in [0.5, 0.6) is 0 Å². The van der Waals surface area contributed by atoms with E-state index in [0.29, 0.717) is 6.54 Å². The highest BCUT2D eigenvalue weighted by molar-refractivity contribution is 5.57. The van der Waals surface area contributed by atoms with Gasteiger partial charge in [0.05, 0.1) is 12.2 Å². The summed E-state index contributed by atoms with van der Waals surface area (Å²) >= 11 is 0. The molecule has 2 heterocycles. The molecule has 0 radical (unpaired) electrons. The summed E-state index contributed by atoms with van der Waals surface area (Å²) in [6.07, 6.45) is 5.09. The van der Waals surface area contributed by atoms with Gasteiger partial charge >= 0.3 is 0 Å². The fourth-order valence-electron chi connectivity index (χ4n) is 2.39. The Morgan fingerprint density at radius 2 is 1.95 bits per heavy atom. The zero-order chi connectivity index (χ0) is 15.4. The van der Waals surface area contributed by atoms with Gasteiger partial charge in [-0.2, -0.15) is 5.10 Å². The average Bonchev–Trinajstić information content (AvgIpc) is 3.02. The van der Waals surface area contributed by atoms with Crippen LogP contribution in [0.4, 0.5) is 4.39 Å². The summed E-state index contributed by atoms with van der Waals surface area (Å²) in [5.41, 5.74) is 2.88. The van der Waals surface area contributed by atoms with Crippen LogP contribution >= 0.6 is 0 Å². The predicted molar refractivity (Wildman–Crippen MR) is 81.6 cm³/mol. The maximum Gasteiger partial charge on any atom is 0.123 e. The van der Waals surface area contributed by atoms with Gasteiger partial charge in [-0.25, -0.2) is 4.39 Å². The lowest BCUT2D eigenvalue weighted by molar-refractivity contribution is 0.0850. The fraction of sp³-hybridized carbons (Fsp3) is 0.176. The lowest BCUT2D eigenvalue weighted by Crippen LogP contribution is -2.13. The van der Waals surface area contributed by atoms with E-state index in [1.807, 2.05) is 22.9 Å². The topological polar surface area (TPSA) is 39.9 Å². The second-order valence-electron chi connectivity index (χ2n) is 4.92. The molecule has 1 unspecified atom stereocenters. The largest absolute Gasteiger partial charge is 0.375 e. The highest BCUT2D eigenvalue weighted by atomic mass is 19.1. The number of benzene rings is 1. The quantitative estimate of drug-likeness (QED) is 0.724. The maximum atomic E-state index is 13.1. The smallest absolute Gasteiger partial charge is 0.123 e. The monoisotopic (exact) mass is 297 g/mol. The molecule has 3 aromatic rings. The molecule has 0 saturated heterocycles. The first-order valence-electron chi connectivity index (χ1n) is 6.98. The number of hydrogen-bond donors (Lipinski definition) is 0. The Hall–Kier alpha value is -2.53. The van der Waals surface area contributed by atoms with Gasteiger partial charge in [0.2, 0.25) is 0 Å². The summed E-state index contributed by atoms with van der Waals surface area (Å²) in [7, 11) is 1.64. The van der Waals surface area contributed by atoms with E-state index in [2.05, 4.69) is 10.1 Å². The first-order valence-corrected chi connectivity index (χ1v) is 6.98. The summed E-state index contributed by atoms with van der Waals surface area (Å²) in [4.78, 5) is 4.13. The number of nitrogens with zero attached hydrogens (tertiary/aromatic N) is 3. The molecule has 112 valence electrons. The zero-order valence-corrected chi connectivity index (χ0v) is 12.2. The zero-order valence-electron chi connectivity index (χ0n) is 12.2. The van der Waals surface area contributed by atoms with Crippen molar-refractivity contribution in [1.29, 1.82) is 0 Å². The van der Waals surface area contributed by atoms with E-state index < -0.39 is 0 Å². The van der Waals surface area contributed by atoms with Crippen molar-refractivity contribution < 1.29 is 9.13 Å². The molecular weight excluding hydrogens is 281 g/mol. The van der Waals surface area contributed by atoms with E-state index >= 15 is 0 Å². The van der Waals surface area contributed by atoms with Crippen molar-refractivity contribution in [2.75, 3.05) is 7.11 Å². The summed E-state index contributed by atoms with van der Waals surface area (Å²) in [5, 5.41) is 4.36. The minimum absolute atomic E-state index is 0.198. The van der Waals surface area contributed by atoms with Crippen molar-refractivity contribution in [2.24, 2.45) is 0 Å². The highest BCUT2D eigenvalue weighted by Gasteiger charge is 2.14. The SMILES string of the molecule is COC(Cn1nccc1-c1cccnc1)c1ccc(F)cc1. The molecule has 0 amide bonds. The van der Waals surface area contributed by atoms with Crippen LogP contribution < -0.4 is 0 Å². The molecule has 5 heteroatoms. The molecule has 1 aromatic carbocycles. The van der Waals surface area contributed by atoms with Crippen LogP contribution in [0, 0.1) is 5.82 Å². The number of pyridine rings is 1. The van der Waals surface area contributed by atoms with Crippen LogP contribution in [0.3, 0.4) is 0 Å². The van der Waals surface area contributed by atoms with E-state index in [0.717, 1.165) is 16.8 Å². The van der Waals surface area contributed by atoms with Gasteiger partial charge in [0.25, 0.3) is 0 Å². The third kappa shape index (κ3) is 3.04. The Bertz CT molecular complexity index is 725. The molecule has 3 rings (SSSR count). The normalized spacial score (nSPS) is 12.3. The number of methoxy groups -OCH3 is 1. The van der Waals surface area contributed by atoms with E-state index in [1.165, 1.54) is 12.1 Å². The molecule has 0 aliphatic carbocycles. The number of rotatable bonds is 5. The summed E-state index contributed by atoms with van der Waals surface area (Å²) in [6.45, 7) is 0.541. The Morgan fingerprint density at radius 3 is 2.64 bits per heavy atom. The Labute approximate surface area is 128 Å². The Morgan fingerprint density at radius 1 is 1.14 bits per heavy atom. The van der Waals surface area contributed by atoms with Crippen molar-refractivity contribution in [3.8, 4) is 11.3 Å². The molecule has 0 fully saturated rings. The van der Waals surface area contributed by atoms with Gasteiger partial charge in [-0.05, 0) is 35.9 Å². The fourth-order valence-corrected chi connectivity index (χ4v) is 2.39. The molecule has 1 atom stereocenters. The van der Waals surface area contributed by atoms with Crippen molar-refractivity contribution >= 4 is 0 Å². The lowest BCUT2D eigenvalue weighted by atomic mass is 10.1. The minimum Gasteiger partial charge on any atom is -0.375 e. The molecule has 0 saturated carbocycles. The Balaban J connectivity index is 1.86. The predicted octanol–water partition coefficient (Wildman–Crippen LogP) is 3.47.